The van der Waals surface area contributed by atoms with Crippen LogP contribution in [0.4, 0.5) is 0 Å². The first-order chi connectivity index (χ1) is 10.7. The number of aliphatic hydroxyl groups is 1. The van der Waals surface area contributed by atoms with Crippen molar-refractivity contribution >= 4 is 0 Å². The zero-order chi connectivity index (χ0) is 15.5. The lowest BCUT2D eigenvalue weighted by Gasteiger charge is -2.19. The summed E-state index contributed by atoms with van der Waals surface area (Å²) in [4.78, 5) is 2.26. The van der Waals surface area contributed by atoms with Gasteiger partial charge in [0, 0.05) is 43.6 Å². The third-order valence-corrected chi connectivity index (χ3v) is 4.43. The number of aliphatic hydroxyl groups excluding tert-OH is 1. The number of hydrogen-bond donors (Lipinski definition) is 3. The van der Waals surface area contributed by atoms with E-state index in [0.717, 1.165) is 13.1 Å². The van der Waals surface area contributed by atoms with Crippen molar-refractivity contribution in [3.63, 3.8) is 0 Å². The number of benzene rings is 2. The second kappa shape index (κ2) is 6.38. The molecule has 0 aliphatic carbocycles. The normalized spacial score (nSPS) is 22.0. The fraction of sp³-hybridized carbons (Fsp3) is 0.333. The number of nitrogens with zero attached hydrogens (tertiary/aromatic N) is 1. The van der Waals surface area contributed by atoms with Gasteiger partial charge in [-0.3, -0.25) is 4.90 Å². The monoisotopic (exact) mass is 299 g/mol. The predicted octanol–water partition coefficient (Wildman–Crippen LogP) is 2.31. The second-order valence-electron chi connectivity index (χ2n) is 5.94. The summed E-state index contributed by atoms with van der Waals surface area (Å²) in [6.45, 7) is 2.32. The van der Waals surface area contributed by atoms with Crippen molar-refractivity contribution in [1.82, 2.24) is 4.90 Å². The van der Waals surface area contributed by atoms with Crippen LogP contribution in [0.25, 0.3) is 0 Å². The number of rotatable bonds is 4. The van der Waals surface area contributed by atoms with Crippen molar-refractivity contribution in [3.8, 4) is 11.5 Å². The third kappa shape index (κ3) is 2.93. The molecule has 0 saturated carbocycles. The van der Waals surface area contributed by atoms with Crippen LogP contribution in [0, 0.1) is 5.92 Å². The average molecular weight is 299 g/mol. The summed E-state index contributed by atoms with van der Waals surface area (Å²) in [5, 5.41) is 29.8. The standard InChI is InChI=1S/C18H21NO3/c20-12-14-10-19(9-13-5-2-1-3-6-13)11-15(14)18-16(21)7-4-8-17(18)22/h1-8,14-15,20-22H,9-12H2/t14-,15-/m0/s1. The van der Waals surface area contributed by atoms with Gasteiger partial charge in [-0.05, 0) is 17.7 Å². The summed E-state index contributed by atoms with van der Waals surface area (Å²) >= 11 is 0. The SMILES string of the molecule is OC[C@@H]1CN(Cc2ccccc2)C[C@@H]1c1c(O)cccc1O. The van der Waals surface area contributed by atoms with Crippen LogP contribution in [0.3, 0.4) is 0 Å². The zero-order valence-corrected chi connectivity index (χ0v) is 12.4. The number of hydrogen-bond acceptors (Lipinski definition) is 4. The lowest BCUT2D eigenvalue weighted by molar-refractivity contribution is 0.212. The van der Waals surface area contributed by atoms with Crippen molar-refractivity contribution in [2.24, 2.45) is 5.92 Å². The molecule has 22 heavy (non-hydrogen) atoms. The molecule has 0 aromatic heterocycles. The van der Waals surface area contributed by atoms with Gasteiger partial charge in [-0.15, -0.1) is 0 Å². The summed E-state index contributed by atoms with van der Waals surface area (Å²) in [6, 6.07) is 15.0. The summed E-state index contributed by atoms with van der Waals surface area (Å²) in [6.07, 6.45) is 0. The molecule has 2 aromatic rings. The Labute approximate surface area is 130 Å². The van der Waals surface area contributed by atoms with Crippen molar-refractivity contribution < 1.29 is 15.3 Å². The molecular weight excluding hydrogens is 278 g/mol. The summed E-state index contributed by atoms with van der Waals surface area (Å²) in [5.41, 5.74) is 1.78. The largest absolute Gasteiger partial charge is 0.508 e. The molecule has 4 nitrogen and oxygen atoms in total. The molecule has 3 rings (SSSR count). The molecule has 2 atom stereocenters. The van der Waals surface area contributed by atoms with Gasteiger partial charge in [-0.2, -0.15) is 0 Å². The summed E-state index contributed by atoms with van der Waals surface area (Å²) < 4.78 is 0. The van der Waals surface area contributed by atoms with Crippen LogP contribution in [-0.4, -0.2) is 39.9 Å². The fourth-order valence-corrected chi connectivity index (χ4v) is 3.36. The molecule has 0 bridgehead atoms. The quantitative estimate of drug-likeness (QED) is 0.810. The van der Waals surface area contributed by atoms with Crippen LogP contribution in [0.1, 0.15) is 17.0 Å². The molecule has 2 aromatic carbocycles. The van der Waals surface area contributed by atoms with Gasteiger partial charge in [0.25, 0.3) is 0 Å². The maximum Gasteiger partial charge on any atom is 0.122 e. The Morgan fingerprint density at radius 2 is 1.59 bits per heavy atom. The average Bonchev–Trinajstić information content (AvgIpc) is 2.91. The molecule has 4 heteroatoms. The van der Waals surface area contributed by atoms with E-state index in [1.807, 2.05) is 18.2 Å². The second-order valence-corrected chi connectivity index (χ2v) is 5.94. The van der Waals surface area contributed by atoms with Crippen LogP contribution >= 0.6 is 0 Å². The van der Waals surface area contributed by atoms with Crippen molar-refractivity contribution in [3.05, 3.63) is 59.7 Å². The predicted molar refractivity (Wildman–Crippen MR) is 84.8 cm³/mol. The maximum atomic E-state index is 10.1. The molecule has 0 radical (unpaired) electrons. The van der Waals surface area contributed by atoms with Gasteiger partial charge in [0.05, 0.1) is 0 Å². The van der Waals surface area contributed by atoms with E-state index >= 15 is 0 Å². The molecule has 1 aliphatic heterocycles. The lowest BCUT2D eigenvalue weighted by Crippen LogP contribution is -2.20. The Hall–Kier alpha value is -2.04. The number of aromatic hydroxyl groups is 2. The summed E-state index contributed by atoms with van der Waals surface area (Å²) in [7, 11) is 0. The molecular formula is C18H21NO3. The summed E-state index contributed by atoms with van der Waals surface area (Å²) in [5.74, 6) is 0.160. The molecule has 0 spiro atoms. The van der Waals surface area contributed by atoms with Crippen molar-refractivity contribution in [2.75, 3.05) is 19.7 Å². The van der Waals surface area contributed by atoms with E-state index in [1.165, 1.54) is 5.56 Å². The van der Waals surface area contributed by atoms with E-state index in [9.17, 15) is 15.3 Å². The third-order valence-electron chi connectivity index (χ3n) is 4.43. The highest BCUT2D eigenvalue weighted by Crippen LogP contribution is 2.41. The van der Waals surface area contributed by atoms with Gasteiger partial charge in [0.1, 0.15) is 11.5 Å². The molecule has 116 valence electrons. The smallest absolute Gasteiger partial charge is 0.122 e. The van der Waals surface area contributed by atoms with E-state index in [-0.39, 0.29) is 29.9 Å². The van der Waals surface area contributed by atoms with Crippen LogP contribution < -0.4 is 0 Å². The lowest BCUT2D eigenvalue weighted by atomic mass is 9.88. The molecule has 0 amide bonds. The van der Waals surface area contributed by atoms with Crippen LogP contribution in [0.15, 0.2) is 48.5 Å². The maximum absolute atomic E-state index is 10.1. The Balaban J connectivity index is 1.81. The minimum Gasteiger partial charge on any atom is -0.508 e. The zero-order valence-electron chi connectivity index (χ0n) is 12.4. The van der Waals surface area contributed by atoms with E-state index in [2.05, 4.69) is 17.0 Å². The van der Waals surface area contributed by atoms with Crippen molar-refractivity contribution in [1.29, 1.82) is 0 Å². The Morgan fingerprint density at radius 1 is 0.909 bits per heavy atom. The molecule has 1 fully saturated rings. The van der Waals surface area contributed by atoms with Gasteiger partial charge in [0.15, 0.2) is 0 Å². The number of phenolic OH excluding ortho intramolecular Hbond substituents is 2. The van der Waals surface area contributed by atoms with Crippen LogP contribution in [0.2, 0.25) is 0 Å². The minimum atomic E-state index is -0.0603. The van der Waals surface area contributed by atoms with Crippen LogP contribution in [-0.2, 0) is 6.54 Å². The Kier molecular flexibility index (Phi) is 4.32. The van der Waals surface area contributed by atoms with E-state index < -0.39 is 0 Å². The highest BCUT2D eigenvalue weighted by molar-refractivity contribution is 5.46. The molecule has 1 aliphatic rings. The van der Waals surface area contributed by atoms with Gasteiger partial charge in [0.2, 0.25) is 0 Å². The van der Waals surface area contributed by atoms with Gasteiger partial charge in [-0.25, -0.2) is 0 Å². The van der Waals surface area contributed by atoms with Gasteiger partial charge < -0.3 is 15.3 Å². The molecule has 1 saturated heterocycles. The number of likely N-dealkylation sites (tertiary alicyclic amines) is 1. The highest BCUT2D eigenvalue weighted by atomic mass is 16.3. The highest BCUT2D eigenvalue weighted by Gasteiger charge is 2.36. The topological polar surface area (TPSA) is 63.9 Å². The van der Waals surface area contributed by atoms with Gasteiger partial charge in [-0.1, -0.05) is 36.4 Å². The van der Waals surface area contributed by atoms with Crippen LogP contribution in [0.5, 0.6) is 11.5 Å². The number of phenols is 2. The molecule has 3 N–H and O–H groups in total. The molecule has 0 unspecified atom stereocenters. The van der Waals surface area contributed by atoms with E-state index in [1.54, 1.807) is 18.2 Å². The minimum absolute atomic E-state index is 0.0166. The first kappa shape index (κ1) is 14.9. The van der Waals surface area contributed by atoms with E-state index in [4.69, 9.17) is 0 Å². The Morgan fingerprint density at radius 3 is 2.23 bits per heavy atom. The van der Waals surface area contributed by atoms with Crippen molar-refractivity contribution in [2.45, 2.75) is 12.5 Å². The molecule has 1 heterocycles. The van der Waals surface area contributed by atoms with Gasteiger partial charge >= 0.3 is 0 Å². The van der Waals surface area contributed by atoms with E-state index in [0.29, 0.717) is 12.1 Å². The fourth-order valence-electron chi connectivity index (χ4n) is 3.36. The first-order valence-electron chi connectivity index (χ1n) is 7.57. The first-order valence-corrected chi connectivity index (χ1v) is 7.57. The Bertz CT molecular complexity index is 609.